The molecule has 0 radical (unpaired) electrons. The van der Waals surface area contributed by atoms with Gasteiger partial charge in [0, 0.05) is 24.0 Å². The average Bonchev–Trinajstić information content (AvgIpc) is 2.53. The van der Waals surface area contributed by atoms with Crippen molar-refractivity contribution in [2.45, 2.75) is 0 Å². The summed E-state index contributed by atoms with van der Waals surface area (Å²) in [4.78, 5) is 8.50. The minimum atomic E-state index is -0.240. The topological polar surface area (TPSA) is 35.0 Å². The molecule has 0 atom stereocenters. The molecule has 0 saturated carbocycles. The number of nitrogens with zero attached hydrogens (tertiary/aromatic N) is 2. The van der Waals surface area contributed by atoms with Crippen LogP contribution in [0.4, 0.5) is 0 Å². The lowest BCUT2D eigenvalue weighted by Gasteiger charge is -2.13. The van der Waals surface area contributed by atoms with E-state index in [0.717, 1.165) is 22.1 Å². The first-order valence-corrected chi connectivity index (χ1v) is 6.41. The zero-order valence-corrected chi connectivity index (χ0v) is 10.9. The molecule has 3 nitrogen and oxygen atoms in total. The van der Waals surface area contributed by atoms with Crippen LogP contribution < -0.4 is 10.1 Å². The van der Waals surface area contributed by atoms with Gasteiger partial charge in [-0.1, -0.05) is 30.2 Å². The van der Waals surface area contributed by atoms with Crippen LogP contribution in [-0.2, 0) is 0 Å². The zero-order valence-electron chi connectivity index (χ0n) is 10.9. The molecule has 4 heteroatoms. The molecule has 2 aromatic heterocycles. The van der Waals surface area contributed by atoms with Gasteiger partial charge in [-0.25, -0.2) is 0 Å². The molecule has 3 aromatic rings. The Balaban J connectivity index is 1.98. The van der Waals surface area contributed by atoms with Crippen molar-refractivity contribution in [2.24, 2.45) is 0 Å². The van der Waals surface area contributed by atoms with Crippen LogP contribution in [0, 0.1) is 0 Å². The van der Waals surface area contributed by atoms with E-state index in [-0.39, 0.29) is 6.92 Å². The van der Waals surface area contributed by atoms with Gasteiger partial charge >= 0.3 is 6.92 Å². The van der Waals surface area contributed by atoms with Crippen molar-refractivity contribution in [3.8, 4) is 5.75 Å². The fourth-order valence-electron chi connectivity index (χ4n) is 2.10. The highest BCUT2D eigenvalue weighted by molar-refractivity contribution is 6.72. The first-order chi connectivity index (χ1) is 9.88. The molecule has 0 aliphatic heterocycles. The summed E-state index contributed by atoms with van der Waals surface area (Å²) in [5.41, 5.74) is 1.82. The predicted octanol–water partition coefficient (Wildman–Crippen LogP) is 2.63. The molecule has 0 amide bonds. The molecule has 0 saturated heterocycles. The maximum absolute atomic E-state index is 6.04. The molecule has 1 aromatic carbocycles. The van der Waals surface area contributed by atoms with Gasteiger partial charge in [0.1, 0.15) is 11.3 Å². The third-order valence-corrected chi connectivity index (χ3v) is 3.08. The van der Waals surface area contributed by atoms with Crippen molar-refractivity contribution in [1.82, 2.24) is 9.97 Å². The number of rotatable bonds is 4. The summed E-state index contributed by atoms with van der Waals surface area (Å²) in [6, 6.07) is 13.7. The SMILES string of the molecule is C=CB(Oc1cccc2cccnc12)c1cccnc1. The molecule has 0 bridgehead atoms. The van der Waals surface area contributed by atoms with Crippen molar-refractivity contribution in [3.05, 3.63) is 73.6 Å². The van der Waals surface area contributed by atoms with Gasteiger partial charge in [0.15, 0.2) is 0 Å². The Bertz CT molecular complexity index is 725. The molecule has 0 spiro atoms. The van der Waals surface area contributed by atoms with Crippen LogP contribution in [0.25, 0.3) is 10.9 Å². The Labute approximate surface area is 118 Å². The molecule has 0 fully saturated rings. The highest BCUT2D eigenvalue weighted by atomic mass is 16.4. The van der Waals surface area contributed by atoms with E-state index < -0.39 is 0 Å². The monoisotopic (exact) mass is 260 g/mol. The smallest absolute Gasteiger partial charge is 0.420 e. The van der Waals surface area contributed by atoms with E-state index in [1.165, 1.54) is 0 Å². The Morgan fingerprint density at radius 2 is 1.90 bits per heavy atom. The summed E-state index contributed by atoms with van der Waals surface area (Å²) >= 11 is 0. The Kier molecular flexibility index (Phi) is 3.46. The van der Waals surface area contributed by atoms with Crippen LogP contribution in [0.3, 0.4) is 0 Å². The van der Waals surface area contributed by atoms with E-state index in [9.17, 15) is 0 Å². The minimum Gasteiger partial charge on any atom is -0.550 e. The van der Waals surface area contributed by atoms with Gasteiger partial charge in [0.25, 0.3) is 0 Å². The molecule has 0 N–H and O–H groups in total. The number of aromatic nitrogens is 2. The highest BCUT2D eigenvalue weighted by Gasteiger charge is 2.18. The number of hydrogen-bond acceptors (Lipinski definition) is 3. The van der Waals surface area contributed by atoms with Crippen molar-refractivity contribution >= 4 is 23.3 Å². The lowest BCUT2D eigenvalue weighted by Crippen LogP contribution is -2.35. The second-order valence-electron chi connectivity index (χ2n) is 4.39. The summed E-state index contributed by atoms with van der Waals surface area (Å²) in [7, 11) is 0. The van der Waals surface area contributed by atoms with Crippen LogP contribution in [0.1, 0.15) is 0 Å². The summed E-state index contributed by atoms with van der Waals surface area (Å²) in [6.45, 7) is 3.60. The van der Waals surface area contributed by atoms with Crippen LogP contribution in [-0.4, -0.2) is 16.9 Å². The summed E-state index contributed by atoms with van der Waals surface area (Å²) in [5, 5.41) is 1.05. The van der Waals surface area contributed by atoms with Gasteiger partial charge < -0.3 is 4.65 Å². The number of para-hydroxylation sites is 1. The molecule has 0 aliphatic rings. The van der Waals surface area contributed by atoms with Gasteiger partial charge in [-0.15, -0.1) is 6.58 Å². The largest absolute Gasteiger partial charge is 0.550 e. The van der Waals surface area contributed by atoms with Crippen LogP contribution in [0.2, 0.25) is 0 Å². The molecule has 96 valence electrons. The standard InChI is InChI=1S/C16H13BN2O/c1-2-17(14-8-5-10-18-12-14)20-15-9-3-6-13-7-4-11-19-16(13)15/h2-12H,1H2. The van der Waals surface area contributed by atoms with E-state index in [4.69, 9.17) is 4.65 Å². The summed E-state index contributed by atoms with van der Waals surface area (Å²) < 4.78 is 6.04. The zero-order chi connectivity index (χ0) is 13.8. The number of hydrogen-bond donors (Lipinski definition) is 0. The van der Waals surface area contributed by atoms with E-state index >= 15 is 0 Å². The minimum absolute atomic E-state index is 0.240. The lowest BCUT2D eigenvalue weighted by molar-refractivity contribution is 0.596. The van der Waals surface area contributed by atoms with E-state index in [2.05, 4.69) is 16.5 Å². The highest BCUT2D eigenvalue weighted by Crippen LogP contribution is 2.23. The quantitative estimate of drug-likeness (QED) is 0.676. The lowest BCUT2D eigenvalue weighted by atomic mass is 9.62. The Hall–Kier alpha value is -2.62. The van der Waals surface area contributed by atoms with Gasteiger partial charge in [-0.2, -0.15) is 0 Å². The van der Waals surface area contributed by atoms with Crippen molar-refractivity contribution in [3.63, 3.8) is 0 Å². The van der Waals surface area contributed by atoms with Gasteiger partial charge in [-0.3, -0.25) is 9.97 Å². The van der Waals surface area contributed by atoms with E-state index in [0.29, 0.717) is 0 Å². The van der Waals surface area contributed by atoms with Crippen LogP contribution >= 0.6 is 0 Å². The van der Waals surface area contributed by atoms with Crippen LogP contribution in [0.5, 0.6) is 5.75 Å². The third kappa shape index (κ3) is 2.40. The molecular weight excluding hydrogens is 247 g/mol. The van der Waals surface area contributed by atoms with E-state index in [1.54, 1.807) is 24.6 Å². The Morgan fingerprint density at radius 1 is 1.05 bits per heavy atom. The van der Waals surface area contributed by atoms with E-state index in [1.807, 2.05) is 42.5 Å². The van der Waals surface area contributed by atoms with Gasteiger partial charge in [0.2, 0.25) is 0 Å². The molecule has 0 unspecified atom stereocenters. The second-order valence-corrected chi connectivity index (χ2v) is 4.39. The maximum atomic E-state index is 6.04. The predicted molar refractivity (Wildman–Crippen MR) is 82.2 cm³/mol. The van der Waals surface area contributed by atoms with Crippen molar-refractivity contribution in [1.29, 1.82) is 0 Å². The Morgan fingerprint density at radius 3 is 2.70 bits per heavy atom. The number of fused-ring (bicyclic) bond motifs is 1. The summed E-state index contributed by atoms with van der Waals surface area (Å²) in [6.07, 6.45) is 5.29. The summed E-state index contributed by atoms with van der Waals surface area (Å²) in [5.74, 6) is 2.51. The van der Waals surface area contributed by atoms with Crippen molar-refractivity contribution in [2.75, 3.05) is 0 Å². The third-order valence-electron chi connectivity index (χ3n) is 3.08. The number of pyridine rings is 2. The van der Waals surface area contributed by atoms with Gasteiger partial charge in [-0.05, 0) is 23.7 Å². The number of benzene rings is 1. The molecule has 3 rings (SSSR count). The first kappa shape index (κ1) is 12.4. The normalized spacial score (nSPS) is 10.2. The van der Waals surface area contributed by atoms with Crippen molar-refractivity contribution < 1.29 is 4.65 Å². The fourth-order valence-corrected chi connectivity index (χ4v) is 2.10. The fraction of sp³-hybridized carbons (Fsp3) is 0. The van der Waals surface area contributed by atoms with Crippen LogP contribution in [0.15, 0.2) is 73.6 Å². The first-order valence-electron chi connectivity index (χ1n) is 6.41. The van der Waals surface area contributed by atoms with Gasteiger partial charge in [0.05, 0.1) is 0 Å². The molecule has 2 heterocycles. The molecule has 0 aliphatic carbocycles. The molecule has 20 heavy (non-hydrogen) atoms. The average molecular weight is 260 g/mol. The molecular formula is C16H13BN2O. The maximum Gasteiger partial charge on any atom is 0.420 e. The second kappa shape index (κ2) is 5.57.